The van der Waals surface area contributed by atoms with Crippen molar-refractivity contribution >= 4 is 17.3 Å². The molecule has 0 amide bonds. The maximum atomic E-state index is 12.1. The van der Waals surface area contributed by atoms with Crippen molar-refractivity contribution in [2.75, 3.05) is 20.3 Å². The number of hydrogen-bond donors (Lipinski definition) is 0. The molecule has 0 aliphatic rings. The molecule has 0 saturated heterocycles. The first-order chi connectivity index (χ1) is 12.7. The molecule has 2 aromatic carbocycles. The van der Waals surface area contributed by atoms with Crippen LogP contribution in [-0.4, -0.2) is 31.3 Å². The fourth-order valence-corrected chi connectivity index (χ4v) is 3.03. The zero-order valence-electron chi connectivity index (χ0n) is 14.6. The van der Waals surface area contributed by atoms with Gasteiger partial charge in [0.25, 0.3) is 0 Å². The number of thiazole rings is 1. The minimum atomic E-state index is -0.450. The van der Waals surface area contributed by atoms with Crippen molar-refractivity contribution in [2.45, 2.75) is 6.92 Å². The maximum Gasteiger partial charge on any atom is 0.357 e. The van der Waals surface area contributed by atoms with Crippen molar-refractivity contribution in [3.05, 3.63) is 65.2 Å². The number of rotatable bonds is 7. The fourth-order valence-electron chi connectivity index (χ4n) is 2.24. The maximum absolute atomic E-state index is 12.1. The van der Waals surface area contributed by atoms with Crippen LogP contribution in [0.15, 0.2) is 53.9 Å². The van der Waals surface area contributed by atoms with Crippen LogP contribution in [0.1, 0.15) is 16.1 Å². The Labute approximate surface area is 156 Å². The summed E-state index contributed by atoms with van der Waals surface area (Å²) in [4.78, 5) is 16.4. The average Bonchev–Trinajstić information content (AvgIpc) is 3.17. The molecule has 6 heteroatoms. The third-order valence-corrected chi connectivity index (χ3v) is 4.55. The Morgan fingerprint density at radius 2 is 1.69 bits per heavy atom. The summed E-state index contributed by atoms with van der Waals surface area (Å²) in [7, 11) is 1.62. The highest BCUT2D eigenvalue weighted by Crippen LogP contribution is 2.25. The van der Waals surface area contributed by atoms with Gasteiger partial charge in [-0.2, -0.15) is 0 Å². The van der Waals surface area contributed by atoms with Crippen LogP contribution in [0.3, 0.4) is 0 Å². The van der Waals surface area contributed by atoms with Crippen molar-refractivity contribution < 1.29 is 19.0 Å². The van der Waals surface area contributed by atoms with E-state index in [-0.39, 0.29) is 6.61 Å². The van der Waals surface area contributed by atoms with Gasteiger partial charge in [-0.25, -0.2) is 9.78 Å². The molecule has 0 radical (unpaired) electrons. The highest BCUT2D eigenvalue weighted by atomic mass is 32.1. The predicted octanol–water partition coefficient (Wildman–Crippen LogP) is 4.36. The molecule has 134 valence electrons. The highest BCUT2D eigenvalue weighted by molar-refractivity contribution is 7.13. The quantitative estimate of drug-likeness (QED) is 0.457. The molecule has 0 atom stereocenters. The third kappa shape index (κ3) is 4.61. The van der Waals surface area contributed by atoms with Crippen LogP contribution in [0, 0.1) is 6.92 Å². The van der Waals surface area contributed by atoms with Gasteiger partial charge in [-0.15, -0.1) is 11.3 Å². The lowest BCUT2D eigenvalue weighted by Gasteiger charge is -2.06. The standard InChI is InChI=1S/C20H19NO4S/c1-14-3-7-17(8-4-14)24-11-12-25-20(22)18-13-26-19(21-18)15-5-9-16(23-2)10-6-15/h3-10,13H,11-12H2,1-2H3. The van der Waals surface area contributed by atoms with Gasteiger partial charge in [0.2, 0.25) is 0 Å². The van der Waals surface area contributed by atoms with E-state index in [9.17, 15) is 4.79 Å². The largest absolute Gasteiger partial charge is 0.497 e. The van der Waals surface area contributed by atoms with E-state index in [1.165, 1.54) is 16.9 Å². The first-order valence-electron chi connectivity index (χ1n) is 8.12. The van der Waals surface area contributed by atoms with Crippen LogP contribution in [-0.2, 0) is 4.74 Å². The molecule has 3 aromatic rings. The molecule has 0 bridgehead atoms. The molecule has 1 heterocycles. The molecular formula is C20H19NO4S. The molecule has 5 nitrogen and oxygen atoms in total. The average molecular weight is 369 g/mol. The highest BCUT2D eigenvalue weighted by Gasteiger charge is 2.13. The van der Waals surface area contributed by atoms with E-state index in [4.69, 9.17) is 14.2 Å². The number of methoxy groups -OCH3 is 1. The van der Waals surface area contributed by atoms with Crippen molar-refractivity contribution in [2.24, 2.45) is 0 Å². The Balaban J connectivity index is 1.50. The van der Waals surface area contributed by atoms with Crippen LogP contribution >= 0.6 is 11.3 Å². The normalized spacial score (nSPS) is 10.4. The lowest BCUT2D eigenvalue weighted by atomic mass is 10.2. The van der Waals surface area contributed by atoms with Crippen LogP contribution < -0.4 is 9.47 Å². The van der Waals surface area contributed by atoms with Gasteiger partial charge in [0.05, 0.1) is 7.11 Å². The van der Waals surface area contributed by atoms with Gasteiger partial charge < -0.3 is 14.2 Å². The molecule has 0 unspecified atom stereocenters. The molecule has 0 aliphatic carbocycles. The number of aromatic nitrogens is 1. The van der Waals surface area contributed by atoms with Gasteiger partial charge >= 0.3 is 5.97 Å². The van der Waals surface area contributed by atoms with Gasteiger partial charge in [-0.3, -0.25) is 0 Å². The van der Waals surface area contributed by atoms with Crippen molar-refractivity contribution in [3.63, 3.8) is 0 Å². The molecule has 0 spiro atoms. The Hall–Kier alpha value is -2.86. The smallest absolute Gasteiger partial charge is 0.357 e. The van der Waals surface area contributed by atoms with Crippen LogP contribution in [0.25, 0.3) is 10.6 Å². The van der Waals surface area contributed by atoms with E-state index in [1.807, 2.05) is 55.5 Å². The molecule has 26 heavy (non-hydrogen) atoms. The first-order valence-corrected chi connectivity index (χ1v) is 9.00. The predicted molar refractivity (Wildman–Crippen MR) is 101 cm³/mol. The molecule has 1 aromatic heterocycles. The van der Waals surface area contributed by atoms with E-state index in [1.54, 1.807) is 12.5 Å². The lowest BCUT2D eigenvalue weighted by molar-refractivity contribution is 0.0444. The summed E-state index contributed by atoms with van der Waals surface area (Å²) in [5.41, 5.74) is 2.40. The third-order valence-electron chi connectivity index (χ3n) is 3.66. The van der Waals surface area contributed by atoms with Crippen molar-refractivity contribution in [1.82, 2.24) is 4.98 Å². The van der Waals surface area contributed by atoms with E-state index in [0.717, 1.165) is 22.1 Å². The second kappa shape index (κ2) is 8.49. The number of nitrogens with zero attached hydrogens (tertiary/aromatic N) is 1. The Bertz CT molecular complexity index is 856. The lowest BCUT2D eigenvalue weighted by Crippen LogP contribution is -2.12. The van der Waals surface area contributed by atoms with Crippen molar-refractivity contribution in [1.29, 1.82) is 0 Å². The summed E-state index contributed by atoms with van der Waals surface area (Å²) in [5.74, 6) is 1.08. The molecule has 0 N–H and O–H groups in total. The van der Waals surface area contributed by atoms with E-state index >= 15 is 0 Å². The van der Waals surface area contributed by atoms with Gasteiger partial charge in [0.1, 0.15) is 29.7 Å². The van der Waals surface area contributed by atoms with Crippen LogP contribution in [0.5, 0.6) is 11.5 Å². The summed E-state index contributed by atoms with van der Waals surface area (Å²) >= 11 is 1.40. The molecule has 0 saturated carbocycles. The number of carbonyl (C=O) groups is 1. The number of esters is 1. The summed E-state index contributed by atoms with van der Waals surface area (Å²) in [6, 6.07) is 15.2. The second-order valence-electron chi connectivity index (χ2n) is 5.56. The summed E-state index contributed by atoms with van der Waals surface area (Å²) in [6.45, 7) is 2.48. The van der Waals surface area contributed by atoms with Gasteiger partial charge in [0.15, 0.2) is 5.69 Å². The number of ether oxygens (including phenoxy) is 3. The fraction of sp³-hybridized carbons (Fsp3) is 0.200. The number of hydrogen-bond acceptors (Lipinski definition) is 6. The number of benzene rings is 2. The van der Waals surface area contributed by atoms with E-state index in [0.29, 0.717) is 12.3 Å². The first kappa shape index (κ1) is 17.9. The zero-order chi connectivity index (χ0) is 18.4. The minimum Gasteiger partial charge on any atom is -0.497 e. The SMILES string of the molecule is COc1ccc(-c2nc(C(=O)OCCOc3ccc(C)cc3)cs2)cc1. The van der Waals surface area contributed by atoms with E-state index in [2.05, 4.69) is 4.98 Å². The topological polar surface area (TPSA) is 57.7 Å². The number of carbonyl (C=O) groups excluding carboxylic acids is 1. The summed E-state index contributed by atoms with van der Waals surface area (Å²) in [5, 5.41) is 2.46. The van der Waals surface area contributed by atoms with E-state index < -0.39 is 5.97 Å². The van der Waals surface area contributed by atoms with Gasteiger partial charge in [0, 0.05) is 10.9 Å². The Morgan fingerprint density at radius 3 is 2.38 bits per heavy atom. The molecular weight excluding hydrogens is 350 g/mol. The second-order valence-corrected chi connectivity index (χ2v) is 6.42. The van der Waals surface area contributed by atoms with Crippen LogP contribution in [0.4, 0.5) is 0 Å². The zero-order valence-corrected chi connectivity index (χ0v) is 15.4. The molecule has 0 fully saturated rings. The minimum absolute atomic E-state index is 0.169. The summed E-state index contributed by atoms with van der Waals surface area (Å²) in [6.07, 6.45) is 0. The van der Waals surface area contributed by atoms with Gasteiger partial charge in [-0.1, -0.05) is 17.7 Å². The monoisotopic (exact) mass is 369 g/mol. The Morgan fingerprint density at radius 1 is 1.00 bits per heavy atom. The number of aryl methyl sites for hydroxylation is 1. The van der Waals surface area contributed by atoms with Crippen molar-refractivity contribution in [3.8, 4) is 22.1 Å². The van der Waals surface area contributed by atoms with Crippen LogP contribution in [0.2, 0.25) is 0 Å². The van der Waals surface area contributed by atoms with Gasteiger partial charge in [-0.05, 0) is 43.3 Å². The summed E-state index contributed by atoms with van der Waals surface area (Å²) < 4.78 is 15.9. The molecule has 3 rings (SSSR count). The molecule has 0 aliphatic heterocycles. The Kier molecular flexibility index (Phi) is 5.86.